The highest BCUT2D eigenvalue weighted by atomic mass is 15.1. The Morgan fingerprint density at radius 3 is 1.94 bits per heavy atom. The van der Waals surface area contributed by atoms with Crippen molar-refractivity contribution >= 4 is 43.6 Å². The monoisotopic (exact) mass is 653 g/mol. The van der Waals surface area contributed by atoms with Crippen molar-refractivity contribution in [2.45, 2.75) is 38.5 Å². The van der Waals surface area contributed by atoms with Crippen molar-refractivity contribution in [2.75, 3.05) is 0 Å². The van der Waals surface area contributed by atoms with Gasteiger partial charge in [0, 0.05) is 27.2 Å². The van der Waals surface area contributed by atoms with Crippen molar-refractivity contribution in [3.8, 4) is 39.3 Å². The molecule has 242 valence electrons. The van der Waals surface area contributed by atoms with Crippen LogP contribution in [0.2, 0.25) is 0 Å². The second-order valence-electron chi connectivity index (χ2n) is 15.4. The van der Waals surface area contributed by atoms with Gasteiger partial charge in [0.15, 0.2) is 0 Å². The van der Waals surface area contributed by atoms with Gasteiger partial charge in [0.2, 0.25) is 0 Å². The van der Waals surface area contributed by atoms with E-state index >= 15 is 0 Å². The Morgan fingerprint density at radius 2 is 1.12 bits per heavy atom. The summed E-state index contributed by atoms with van der Waals surface area (Å²) < 4.78 is 2.41. The summed E-state index contributed by atoms with van der Waals surface area (Å²) in [6.45, 7) is 9.42. The summed E-state index contributed by atoms with van der Waals surface area (Å²) in [5, 5.41) is 5.12. The predicted molar refractivity (Wildman–Crippen MR) is 212 cm³/mol. The minimum absolute atomic E-state index is 0.0566. The van der Waals surface area contributed by atoms with Gasteiger partial charge in [-0.25, -0.2) is 9.97 Å². The molecular formula is C48H35N3. The molecule has 0 atom stereocenters. The molecule has 0 saturated heterocycles. The molecule has 0 unspecified atom stereocenters. The zero-order chi connectivity index (χ0) is 34.2. The van der Waals surface area contributed by atoms with Crippen molar-refractivity contribution in [3.63, 3.8) is 0 Å². The molecule has 6 aromatic carbocycles. The molecule has 0 saturated carbocycles. The summed E-state index contributed by atoms with van der Waals surface area (Å²) in [6.07, 6.45) is 0. The van der Waals surface area contributed by atoms with Crippen LogP contribution in [-0.4, -0.2) is 14.5 Å². The van der Waals surface area contributed by atoms with Gasteiger partial charge < -0.3 is 0 Å². The zero-order valence-electron chi connectivity index (χ0n) is 29.1. The predicted octanol–water partition coefficient (Wildman–Crippen LogP) is 12.2. The summed E-state index contributed by atoms with van der Waals surface area (Å²) in [4.78, 5) is 10.6. The third-order valence-corrected chi connectivity index (χ3v) is 12.0. The van der Waals surface area contributed by atoms with Gasteiger partial charge in [-0.05, 0) is 91.7 Å². The van der Waals surface area contributed by atoms with E-state index < -0.39 is 0 Å². The first-order chi connectivity index (χ1) is 24.8. The number of rotatable bonds is 2. The van der Waals surface area contributed by atoms with Gasteiger partial charge >= 0.3 is 0 Å². The molecule has 2 aliphatic carbocycles. The van der Waals surface area contributed by atoms with Crippen molar-refractivity contribution in [3.05, 3.63) is 162 Å². The van der Waals surface area contributed by atoms with E-state index in [-0.39, 0.29) is 10.8 Å². The normalized spacial score (nSPS) is 15.0. The number of pyridine rings is 2. The molecule has 11 rings (SSSR count). The maximum absolute atomic E-state index is 5.36. The van der Waals surface area contributed by atoms with E-state index in [9.17, 15) is 0 Å². The molecule has 9 aromatic rings. The highest BCUT2D eigenvalue weighted by molar-refractivity contribution is 6.26. The van der Waals surface area contributed by atoms with Crippen LogP contribution in [0.25, 0.3) is 82.9 Å². The number of para-hydroxylation sites is 1. The number of hydrogen-bond donors (Lipinski definition) is 0. The molecule has 0 radical (unpaired) electrons. The molecule has 0 amide bonds. The summed E-state index contributed by atoms with van der Waals surface area (Å²) in [5.41, 5.74) is 16.8. The van der Waals surface area contributed by atoms with E-state index in [0.717, 1.165) is 33.6 Å². The number of aromatic nitrogens is 3. The standard InChI is InChI=1S/C48H35N3/c1-47(2)35-18-10-7-13-29(35)30-22-21-28(27-37(30)47)38-23-24-40-39(49-38)25-26-42(50-40)51-41-20-12-9-17-34(41)44-32-15-6-5-14-31(32)43-33-16-8-11-19-36(33)48(3,4)45(43)46(44)51/h5-27H,1-4H3. The minimum Gasteiger partial charge on any atom is -0.293 e. The molecule has 0 spiro atoms. The van der Waals surface area contributed by atoms with Crippen LogP contribution < -0.4 is 0 Å². The SMILES string of the molecule is CC1(C)c2ccccc2-c2ccc(-c3ccc4nc(-n5c6ccccc6c6c7ccccc7c7c(c65)C(C)(C)c5ccccc5-7)ccc4n3)cc21. The van der Waals surface area contributed by atoms with E-state index in [1.165, 1.54) is 71.6 Å². The maximum atomic E-state index is 5.36. The average molecular weight is 654 g/mol. The van der Waals surface area contributed by atoms with Gasteiger partial charge in [0.1, 0.15) is 5.82 Å². The van der Waals surface area contributed by atoms with Crippen molar-refractivity contribution in [2.24, 2.45) is 0 Å². The number of fused-ring (bicyclic) bond motifs is 14. The van der Waals surface area contributed by atoms with E-state index in [4.69, 9.17) is 9.97 Å². The first-order valence-corrected chi connectivity index (χ1v) is 17.9. The van der Waals surface area contributed by atoms with Gasteiger partial charge in [0.25, 0.3) is 0 Å². The summed E-state index contributed by atoms with van der Waals surface area (Å²) in [5.74, 6) is 0.907. The Balaban J connectivity index is 1.13. The highest BCUT2D eigenvalue weighted by Gasteiger charge is 2.40. The zero-order valence-corrected chi connectivity index (χ0v) is 29.1. The fraction of sp³-hybridized carbons (Fsp3) is 0.125. The van der Waals surface area contributed by atoms with Crippen LogP contribution in [0.4, 0.5) is 0 Å². The van der Waals surface area contributed by atoms with Gasteiger partial charge in [0.05, 0.1) is 27.8 Å². The third-order valence-electron chi connectivity index (χ3n) is 12.0. The Labute approximate surface area is 296 Å². The van der Waals surface area contributed by atoms with Crippen LogP contribution in [0.5, 0.6) is 0 Å². The lowest BCUT2D eigenvalue weighted by atomic mass is 9.80. The van der Waals surface area contributed by atoms with E-state index in [1.807, 2.05) is 0 Å². The average Bonchev–Trinajstić information content (AvgIpc) is 3.72. The fourth-order valence-corrected chi connectivity index (χ4v) is 9.58. The van der Waals surface area contributed by atoms with Crippen LogP contribution in [0, 0.1) is 0 Å². The molecule has 3 aromatic heterocycles. The molecule has 0 aliphatic heterocycles. The van der Waals surface area contributed by atoms with Crippen LogP contribution in [0.1, 0.15) is 49.9 Å². The largest absolute Gasteiger partial charge is 0.293 e. The lowest BCUT2D eigenvalue weighted by molar-refractivity contribution is 0.660. The molecule has 3 nitrogen and oxygen atoms in total. The first kappa shape index (κ1) is 28.7. The van der Waals surface area contributed by atoms with Gasteiger partial charge in [-0.3, -0.25) is 4.57 Å². The van der Waals surface area contributed by atoms with Crippen molar-refractivity contribution in [1.29, 1.82) is 0 Å². The van der Waals surface area contributed by atoms with Gasteiger partial charge in [-0.1, -0.05) is 131 Å². The molecule has 0 N–H and O–H groups in total. The van der Waals surface area contributed by atoms with Crippen LogP contribution in [-0.2, 0) is 10.8 Å². The quantitative estimate of drug-likeness (QED) is 0.186. The van der Waals surface area contributed by atoms with Crippen LogP contribution in [0.3, 0.4) is 0 Å². The van der Waals surface area contributed by atoms with Crippen LogP contribution in [0.15, 0.2) is 140 Å². The second-order valence-corrected chi connectivity index (χ2v) is 15.4. The molecule has 0 fully saturated rings. The smallest absolute Gasteiger partial charge is 0.138 e. The van der Waals surface area contributed by atoms with Crippen LogP contribution >= 0.6 is 0 Å². The Bertz CT molecular complexity index is 2980. The molecule has 0 bridgehead atoms. The van der Waals surface area contributed by atoms with Crippen molar-refractivity contribution < 1.29 is 0 Å². The Kier molecular flexibility index (Phi) is 5.52. The molecular weight excluding hydrogens is 619 g/mol. The Morgan fingerprint density at radius 1 is 0.490 bits per heavy atom. The highest BCUT2D eigenvalue weighted by Crippen LogP contribution is 2.56. The number of nitrogens with zero attached hydrogens (tertiary/aromatic N) is 3. The lowest BCUT2D eigenvalue weighted by Crippen LogP contribution is -2.16. The number of hydrogen-bond acceptors (Lipinski definition) is 2. The second kappa shape index (κ2) is 9.80. The van der Waals surface area contributed by atoms with E-state index in [1.54, 1.807) is 0 Å². The summed E-state index contributed by atoms with van der Waals surface area (Å²) in [7, 11) is 0. The molecule has 3 heterocycles. The summed E-state index contributed by atoms with van der Waals surface area (Å²) >= 11 is 0. The van der Waals surface area contributed by atoms with E-state index in [0.29, 0.717) is 0 Å². The molecule has 3 heteroatoms. The van der Waals surface area contributed by atoms with Gasteiger partial charge in [-0.2, -0.15) is 0 Å². The first-order valence-electron chi connectivity index (χ1n) is 17.9. The molecule has 2 aliphatic rings. The minimum atomic E-state index is -0.195. The van der Waals surface area contributed by atoms with E-state index in [2.05, 4.69) is 172 Å². The van der Waals surface area contributed by atoms with Gasteiger partial charge in [-0.15, -0.1) is 0 Å². The maximum Gasteiger partial charge on any atom is 0.138 e. The molecule has 51 heavy (non-hydrogen) atoms. The topological polar surface area (TPSA) is 30.7 Å². The third kappa shape index (κ3) is 3.68. The number of benzene rings is 6. The van der Waals surface area contributed by atoms with Crippen molar-refractivity contribution in [1.82, 2.24) is 14.5 Å². The fourth-order valence-electron chi connectivity index (χ4n) is 9.58. The lowest BCUT2D eigenvalue weighted by Gasteiger charge is -2.24. The summed E-state index contributed by atoms with van der Waals surface area (Å²) in [6, 6.07) is 50.9. The Hall–Kier alpha value is -6.06.